The van der Waals surface area contributed by atoms with E-state index in [1.54, 1.807) is 0 Å². The first-order chi connectivity index (χ1) is 8.43. The van der Waals surface area contributed by atoms with Crippen molar-refractivity contribution in [1.29, 1.82) is 0 Å². The highest BCUT2D eigenvalue weighted by molar-refractivity contribution is 5.98. The summed E-state index contributed by atoms with van der Waals surface area (Å²) >= 11 is 0. The summed E-state index contributed by atoms with van der Waals surface area (Å²) in [5, 5.41) is 0. The van der Waals surface area contributed by atoms with Crippen molar-refractivity contribution < 1.29 is 9.59 Å². The Labute approximate surface area is 111 Å². The van der Waals surface area contributed by atoms with Crippen molar-refractivity contribution in [2.24, 2.45) is 5.92 Å². The van der Waals surface area contributed by atoms with E-state index in [1.807, 2.05) is 59.7 Å². The molecule has 0 amide bonds. The molecule has 2 nitrogen and oxygen atoms in total. The third kappa shape index (κ3) is 7.00. The van der Waals surface area contributed by atoms with Crippen molar-refractivity contribution >= 4 is 12.1 Å². The Hall–Kier alpha value is -1.44. The fraction of sp³-hybridized carbons (Fsp3) is 0.500. The second-order valence-electron chi connectivity index (χ2n) is 4.07. The van der Waals surface area contributed by atoms with Gasteiger partial charge in [0.15, 0.2) is 5.78 Å². The minimum atomic E-state index is 0.0838. The minimum absolute atomic E-state index is 0.0838. The molecule has 0 saturated heterocycles. The lowest BCUT2D eigenvalue weighted by atomic mass is 9.96. The third-order valence-electron chi connectivity index (χ3n) is 2.18. The molecule has 0 saturated carbocycles. The van der Waals surface area contributed by atoms with Gasteiger partial charge >= 0.3 is 0 Å². The Bertz CT molecular complexity index is 365. The molecule has 0 N–H and O–H groups in total. The van der Waals surface area contributed by atoms with Gasteiger partial charge in [0.05, 0.1) is 0 Å². The van der Waals surface area contributed by atoms with Gasteiger partial charge in [-0.05, 0) is 32.4 Å². The first-order valence-electron chi connectivity index (χ1n) is 6.45. The summed E-state index contributed by atoms with van der Waals surface area (Å²) in [5.74, 6) is 0.321. The fourth-order valence-corrected chi connectivity index (χ4v) is 1.31. The molecule has 0 aliphatic carbocycles. The SMILES string of the molecule is CC.CC=O.Cc1ccc(C)c(C(=O)C(C)C)c1. The number of ketones is 1. The maximum atomic E-state index is 11.7. The Morgan fingerprint density at radius 2 is 1.61 bits per heavy atom. The van der Waals surface area contributed by atoms with Gasteiger partial charge in [-0.1, -0.05) is 45.4 Å². The van der Waals surface area contributed by atoms with Crippen LogP contribution >= 0.6 is 0 Å². The second-order valence-corrected chi connectivity index (χ2v) is 4.07. The van der Waals surface area contributed by atoms with Crippen molar-refractivity contribution in [2.75, 3.05) is 0 Å². The van der Waals surface area contributed by atoms with Crippen LogP contribution in [0.15, 0.2) is 18.2 Å². The molecule has 0 bridgehead atoms. The number of aldehydes is 1. The van der Waals surface area contributed by atoms with E-state index in [1.165, 1.54) is 6.92 Å². The number of aryl methyl sites for hydroxylation is 2. The molecule has 0 aromatic heterocycles. The van der Waals surface area contributed by atoms with Gasteiger partial charge in [-0.3, -0.25) is 4.79 Å². The van der Waals surface area contributed by atoms with Crippen LogP contribution in [0.1, 0.15) is 56.1 Å². The summed E-state index contributed by atoms with van der Waals surface area (Å²) in [6.45, 7) is 13.3. The van der Waals surface area contributed by atoms with Gasteiger partial charge in [0, 0.05) is 11.5 Å². The topological polar surface area (TPSA) is 34.1 Å². The Morgan fingerprint density at radius 1 is 1.17 bits per heavy atom. The van der Waals surface area contributed by atoms with E-state index in [0.29, 0.717) is 0 Å². The predicted octanol–water partition coefficient (Wildman–Crippen LogP) is 4.37. The smallest absolute Gasteiger partial charge is 0.165 e. The van der Waals surface area contributed by atoms with Crippen molar-refractivity contribution in [3.8, 4) is 0 Å². The lowest BCUT2D eigenvalue weighted by Gasteiger charge is -2.08. The molecule has 0 fully saturated rings. The molecule has 0 radical (unpaired) electrons. The van der Waals surface area contributed by atoms with Gasteiger partial charge in [-0.25, -0.2) is 0 Å². The lowest BCUT2D eigenvalue weighted by molar-refractivity contribution is -0.106. The van der Waals surface area contributed by atoms with Gasteiger partial charge < -0.3 is 4.79 Å². The van der Waals surface area contributed by atoms with Gasteiger partial charge in [0.25, 0.3) is 0 Å². The summed E-state index contributed by atoms with van der Waals surface area (Å²) in [4.78, 5) is 20.5. The van der Waals surface area contributed by atoms with Gasteiger partial charge in [-0.2, -0.15) is 0 Å². The number of Topliss-reactive ketones (excluding diaryl/α,β-unsaturated/α-hetero) is 1. The third-order valence-corrected chi connectivity index (χ3v) is 2.18. The highest BCUT2D eigenvalue weighted by Gasteiger charge is 2.12. The molecule has 0 aliphatic heterocycles. The number of hydrogen-bond donors (Lipinski definition) is 0. The molecule has 18 heavy (non-hydrogen) atoms. The van der Waals surface area contributed by atoms with Crippen LogP contribution in [-0.2, 0) is 4.79 Å². The van der Waals surface area contributed by atoms with Gasteiger partial charge in [0.1, 0.15) is 6.29 Å². The molecule has 1 aromatic carbocycles. The lowest BCUT2D eigenvalue weighted by Crippen LogP contribution is -2.09. The average molecular weight is 250 g/mol. The zero-order valence-electron chi connectivity index (χ0n) is 12.7. The molecule has 0 spiro atoms. The van der Waals surface area contributed by atoms with Crippen LogP contribution < -0.4 is 0 Å². The van der Waals surface area contributed by atoms with Crippen LogP contribution in [0.2, 0.25) is 0 Å². The highest BCUT2D eigenvalue weighted by atomic mass is 16.1. The van der Waals surface area contributed by atoms with E-state index in [4.69, 9.17) is 4.79 Å². The standard InChI is InChI=1S/C12H16O.C2H4O.C2H6/c1-8(2)12(13)11-7-9(3)5-6-10(11)4;1-2-3;1-2/h5-8H,1-4H3;2H,1H3;1-2H3. The van der Waals surface area contributed by atoms with E-state index < -0.39 is 0 Å². The quantitative estimate of drug-likeness (QED) is 0.577. The van der Waals surface area contributed by atoms with E-state index in [2.05, 4.69) is 0 Å². The van der Waals surface area contributed by atoms with Crippen LogP contribution in [0.25, 0.3) is 0 Å². The molecule has 1 aromatic rings. The van der Waals surface area contributed by atoms with E-state index in [9.17, 15) is 4.79 Å². The number of carbonyl (C=O) groups is 2. The van der Waals surface area contributed by atoms with Crippen LogP contribution in [0.3, 0.4) is 0 Å². The number of hydrogen-bond acceptors (Lipinski definition) is 2. The molecule has 0 heterocycles. The zero-order valence-corrected chi connectivity index (χ0v) is 12.7. The van der Waals surface area contributed by atoms with Crippen molar-refractivity contribution in [3.05, 3.63) is 34.9 Å². The highest BCUT2D eigenvalue weighted by Crippen LogP contribution is 2.14. The number of rotatable bonds is 2. The maximum absolute atomic E-state index is 11.7. The molecule has 0 atom stereocenters. The monoisotopic (exact) mass is 250 g/mol. The molecule has 102 valence electrons. The molecule has 0 unspecified atom stereocenters. The van der Waals surface area contributed by atoms with Gasteiger partial charge in [0.2, 0.25) is 0 Å². The van der Waals surface area contributed by atoms with Crippen LogP contribution in [0.5, 0.6) is 0 Å². The molecular weight excluding hydrogens is 224 g/mol. The summed E-state index contributed by atoms with van der Waals surface area (Å²) in [5.41, 5.74) is 3.09. The van der Waals surface area contributed by atoms with E-state index in [0.717, 1.165) is 23.0 Å². The fourth-order valence-electron chi connectivity index (χ4n) is 1.31. The summed E-state index contributed by atoms with van der Waals surface area (Å²) in [6, 6.07) is 6.01. The molecular formula is C16H26O2. The van der Waals surface area contributed by atoms with Crippen LogP contribution in [-0.4, -0.2) is 12.1 Å². The number of benzene rings is 1. The van der Waals surface area contributed by atoms with E-state index >= 15 is 0 Å². The first kappa shape index (κ1) is 18.9. The van der Waals surface area contributed by atoms with Crippen molar-refractivity contribution in [1.82, 2.24) is 0 Å². The van der Waals surface area contributed by atoms with E-state index in [-0.39, 0.29) is 11.7 Å². The molecule has 1 rings (SSSR count). The van der Waals surface area contributed by atoms with Crippen LogP contribution in [0.4, 0.5) is 0 Å². The Balaban J connectivity index is 0. The number of carbonyl (C=O) groups excluding carboxylic acids is 2. The van der Waals surface area contributed by atoms with Gasteiger partial charge in [-0.15, -0.1) is 0 Å². The normalized spacial score (nSPS) is 8.67. The molecule has 0 aliphatic rings. The summed E-state index contributed by atoms with van der Waals surface area (Å²) in [6.07, 6.45) is 0.750. The van der Waals surface area contributed by atoms with Crippen molar-refractivity contribution in [2.45, 2.75) is 48.5 Å². The second kappa shape index (κ2) is 10.7. The van der Waals surface area contributed by atoms with Crippen molar-refractivity contribution in [3.63, 3.8) is 0 Å². The van der Waals surface area contributed by atoms with Crippen LogP contribution in [0, 0.1) is 19.8 Å². The molecule has 2 heteroatoms. The summed E-state index contributed by atoms with van der Waals surface area (Å²) in [7, 11) is 0. The Morgan fingerprint density at radius 3 is 2.00 bits per heavy atom. The Kier molecular flexibility index (Phi) is 11.2. The average Bonchev–Trinajstić information content (AvgIpc) is 2.35. The largest absolute Gasteiger partial charge is 0.304 e. The zero-order chi connectivity index (χ0) is 14.7. The summed E-state index contributed by atoms with van der Waals surface area (Å²) < 4.78 is 0. The minimum Gasteiger partial charge on any atom is -0.304 e. The predicted molar refractivity (Wildman–Crippen MR) is 78.2 cm³/mol. The first-order valence-corrected chi connectivity index (χ1v) is 6.45. The maximum Gasteiger partial charge on any atom is 0.165 e.